The fraction of sp³-hybridized carbons (Fsp3) is 0.158. The maximum atomic E-state index is 12.4. The van der Waals surface area contributed by atoms with Crippen molar-refractivity contribution in [1.29, 1.82) is 0 Å². The molecule has 0 atom stereocenters. The molecule has 0 aliphatic rings. The highest BCUT2D eigenvalue weighted by molar-refractivity contribution is 7.99. The Balaban J connectivity index is 1.68. The topological polar surface area (TPSA) is 56.1 Å². The molecule has 0 unspecified atom stereocenters. The van der Waals surface area contributed by atoms with E-state index in [4.69, 9.17) is 4.74 Å². The first-order chi connectivity index (χ1) is 12.1. The van der Waals surface area contributed by atoms with Crippen molar-refractivity contribution in [3.8, 4) is 5.75 Å². The van der Waals surface area contributed by atoms with Crippen LogP contribution in [0.5, 0.6) is 5.75 Å². The summed E-state index contributed by atoms with van der Waals surface area (Å²) >= 11 is 1.57. The molecule has 3 rings (SSSR count). The molecular formula is C19H19N3O2S. The highest BCUT2D eigenvalue weighted by Gasteiger charge is 2.09. The van der Waals surface area contributed by atoms with Crippen molar-refractivity contribution in [2.45, 2.75) is 17.0 Å². The molecule has 1 N–H and O–H groups in total. The second-order valence-corrected chi connectivity index (χ2v) is 6.63. The monoisotopic (exact) mass is 353 g/mol. The Morgan fingerprint density at radius 3 is 2.60 bits per heavy atom. The number of carbonyl (C=O) groups is 1. The predicted octanol–water partition coefficient (Wildman–Crippen LogP) is 4.14. The molecule has 5 nitrogen and oxygen atoms in total. The van der Waals surface area contributed by atoms with E-state index in [1.807, 2.05) is 55.1 Å². The van der Waals surface area contributed by atoms with Crippen molar-refractivity contribution in [1.82, 2.24) is 9.55 Å². The number of amides is 1. The van der Waals surface area contributed by atoms with Crippen LogP contribution in [0.25, 0.3) is 0 Å². The summed E-state index contributed by atoms with van der Waals surface area (Å²) in [5.41, 5.74) is 2.30. The van der Waals surface area contributed by atoms with Crippen LogP contribution in [-0.4, -0.2) is 22.6 Å². The Morgan fingerprint density at radius 1 is 1.20 bits per heavy atom. The third-order valence-electron chi connectivity index (χ3n) is 3.77. The van der Waals surface area contributed by atoms with E-state index in [1.54, 1.807) is 37.2 Å². The minimum Gasteiger partial charge on any atom is -0.496 e. The molecular weight excluding hydrogens is 334 g/mol. The maximum Gasteiger partial charge on any atom is 0.255 e. The van der Waals surface area contributed by atoms with Gasteiger partial charge in [0.15, 0.2) is 5.16 Å². The van der Waals surface area contributed by atoms with Crippen LogP contribution in [-0.2, 0) is 7.05 Å². The average molecular weight is 353 g/mol. The molecule has 0 fully saturated rings. The van der Waals surface area contributed by atoms with Gasteiger partial charge in [-0.15, -0.1) is 0 Å². The van der Waals surface area contributed by atoms with E-state index < -0.39 is 0 Å². The number of imidazole rings is 1. The summed E-state index contributed by atoms with van der Waals surface area (Å²) in [6.45, 7) is 1.94. The highest BCUT2D eigenvalue weighted by atomic mass is 32.2. The number of aryl methyl sites for hydroxylation is 2. The van der Waals surface area contributed by atoms with E-state index in [1.165, 1.54) is 0 Å². The Bertz CT molecular complexity index is 888. The number of rotatable bonds is 5. The molecule has 0 aliphatic carbocycles. The van der Waals surface area contributed by atoms with Gasteiger partial charge in [0.05, 0.1) is 7.11 Å². The molecule has 1 heterocycles. The SMILES string of the molecule is COc1cc(C(=O)Nc2ccc(Sc3nccn3C)cc2)ccc1C. The van der Waals surface area contributed by atoms with Gasteiger partial charge in [0.2, 0.25) is 0 Å². The van der Waals surface area contributed by atoms with E-state index in [0.29, 0.717) is 11.3 Å². The Labute approximate surface area is 151 Å². The molecule has 0 saturated carbocycles. The summed E-state index contributed by atoms with van der Waals surface area (Å²) < 4.78 is 7.23. The number of anilines is 1. The van der Waals surface area contributed by atoms with Gasteiger partial charge in [0.1, 0.15) is 5.75 Å². The van der Waals surface area contributed by atoms with Gasteiger partial charge in [-0.3, -0.25) is 4.79 Å². The first-order valence-electron chi connectivity index (χ1n) is 7.78. The van der Waals surface area contributed by atoms with Gasteiger partial charge in [0, 0.05) is 35.6 Å². The molecule has 2 aromatic carbocycles. The number of ether oxygens (including phenoxy) is 1. The first kappa shape index (κ1) is 17.1. The fourth-order valence-electron chi connectivity index (χ4n) is 2.33. The number of benzene rings is 2. The standard InChI is InChI=1S/C19H19N3O2S/c1-13-4-5-14(12-17(13)24-3)18(23)21-15-6-8-16(9-7-15)25-19-20-10-11-22(19)2/h4-12H,1-3H3,(H,21,23). The van der Waals surface area contributed by atoms with Crippen molar-refractivity contribution in [2.24, 2.45) is 7.05 Å². The Morgan fingerprint density at radius 2 is 1.96 bits per heavy atom. The van der Waals surface area contributed by atoms with Gasteiger partial charge in [-0.05, 0) is 48.9 Å². The lowest BCUT2D eigenvalue weighted by atomic mass is 10.1. The molecule has 1 amide bonds. The predicted molar refractivity (Wildman–Crippen MR) is 99.5 cm³/mol. The number of hydrogen-bond donors (Lipinski definition) is 1. The Hall–Kier alpha value is -2.73. The number of aromatic nitrogens is 2. The number of methoxy groups -OCH3 is 1. The zero-order valence-corrected chi connectivity index (χ0v) is 15.1. The second-order valence-electron chi connectivity index (χ2n) is 5.59. The number of carbonyl (C=O) groups excluding carboxylic acids is 1. The van der Waals surface area contributed by atoms with Crippen LogP contribution >= 0.6 is 11.8 Å². The Kier molecular flexibility index (Phi) is 5.09. The summed E-state index contributed by atoms with van der Waals surface area (Å²) in [6.07, 6.45) is 3.68. The summed E-state index contributed by atoms with van der Waals surface area (Å²) in [5, 5.41) is 3.82. The van der Waals surface area contributed by atoms with Crippen LogP contribution in [0.2, 0.25) is 0 Å². The first-order valence-corrected chi connectivity index (χ1v) is 8.59. The third kappa shape index (κ3) is 4.03. The number of hydrogen-bond acceptors (Lipinski definition) is 4. The maximum absolute atomic E-state index is 12.4. The van der Waals surface area contributed by atoms with Crippen LogP contribution in [0, 0.1) is 6.92 Å². The zero-order chi connectivity index (χ0) is 17.8. The van der Waals surface area contributed by atoms with Gasteiger partial charge in [-0.1, -0.05) is 17.8 Å². The summed E-state index contributed by atoms with van der Waals surface area (Å²) in [6, 6.07) is 13.1. The highest BCUT2D eigenvalue weighted by Crippen LogP contribution is 2.27. The summed E-state index contributed by atoms with van der Waals surface area (Å²) in [5.74, 6) is 0.539. The van der Waals surface area contributed by atoms with Crippen molar-refractivity contribution in [3.05, 3.63) is 66.0 Å². The molecule has 3 aromatic rings. The minimum atomic E-state index is -0.164. The zero-order valence-electron chi connectivity index (χ0n) is 14.3. The van der Waals surface area contributed by atoms with Crippen molar-refractivity contribution in [3.63, 3.8) is 0 Å². The minimum absolute atomic E-state index is 0.164. The van der Waals surface area contributed by atoms with E-state index in [0.717, 1.165) is 21.3 Å². The molecule has 0 radical (unpaired) electrons. The molecule has 0 spiro atoms. The summed E-state index contributed by atoms with van der Waals surface area (Å²) in [7, 11) is 3.56. The fourth-order valence-corrected chi connectivity index (χ4v) is 3.13. The average Bonchev–Trinajstić information content (AvgIpc) is 3.02. The number of nitrogens with one attached hydrogen (secondary N) is 1. The molecule has 25 heavy (non-hydrogen) atoms. The lowest BCUT2D eigenvalue weighted by Crippen LogP contribution is -2.12. The molecule has 0 aliphatic heterocycles. The largest absolute Gasteiger partial charge is 0.496 e. The molecule has 1 aromatic heterocycles. The van der Waals surface area contributed by atoms with Gasteiger partial charge >= 0.3 is 0 Å². The van der Waals surface area contributed by atoms with Crippen molar-refractivity contribution < 1.29 is 9.53 Å². The van der Waals surface area contributed by atoms with Crippen LogP contribution in [0.4, 0.5) is 5.69 Å². The molecule has 0 saturated heterocycles. The van der Waals surface area contributed by atoms with E-state index in [-0.39, 0.29) is 5.91 Å². The summed E-state index contributed by atoms with van der Waals surface area (Å²) in [4.78, 5) is 17.7. The van der Waals surface area contributed by atoms with Crippen LogP contribution in [0.1, 0.15) is 15.9 Å². The molecule has 128 valence electrons. The smallest absolute Gasteiger partial charge is 0.255 e. The quantitative estimate of drug-likeness (QED) is 0.749. The lowest BCUT2D eigenvalue weighted by molar-refractivity contribution is 0.102. The third-order valence-corrected chi connectivity index (χ3v) is 4.85. The van der Waals surface area contributed by atoms with Crippen molar-refractivity contribution >= 4 is 23.4 Å². The van der Waals surface area contributed by atoms with Crippen LogP contribution < -0.4 is 10.1 Å². The van der Waals surface area contributed by atoms with Crippen molar-refractivity contribution in [2.75, 3.05) is 12.4 Å². The normalized spacial score (nSPS) is 10.5. The lowest BCUT2D eigenvalue weighted by Gasteiger charge is -2.09. The molecule has 6 heteroatoms. The second kappa shape index (κ2) is 7.44. The van der Waals surface area contributed by atoms with Crippen LogP contribution in [0.15, 0.2) is 64.9 Å². The van der Waals surface area contributed by atoms with E-state index in [9.17, 15) is 4.79 Å². The van der Waals surface area contributed by atoms with Gasteiger partial charge < -0.3 is 14.6 Å². The van der Waals surface area contributed by atoms with Gasteiger partial charge in [-0.2, -0.15) is 0 Å². The van der Waals surface area contributed by atoms with Crippen LogP contribution in [0.3, 0.4) is 0 Å². The van der Waals surface area contributed by atoms with E-state index >= 15 is 0 Å². The number of nitrogens with zero attached hydrogens (tertiary/aromatic N) is 2. The van der Waals surface area contributed by atoms with Gasteiger partial charge in [0.25, 0.3) is 5.91 Å². The van der Waals surface area contributed by atoms with Gasteiger partial charge in [-0.25, -0.2) is 4.98 Å². The molecule has 0 bridgehead atoms. The van der Waals surface area contributed by atoms with E-state index in [2.05, 4.69) is 10.3 Å².